The number of ether oxygens (including phenoxy) is 3. The van der Waals surface area contributed by atoms with Crippen LogP contribution >= 0.6 is 15.9 Å². The summed E-state index contributed by atoms with van der Waals surface area (Å²) in [4.78, 5) is 11.9. The summed E-state index contributed by atoms with van der Waals surface area (Å²) in [5.41, 5.74) is 0.823. The largest absolute Gasteiger partial charge is 0.493 e. The van der Waals surface area contributed by atoms with Crippen LogP contribution in [-0.2, 0) is 4.79 Å². The first-order chi connectivity index (χ1) is 11.6. The number of benzene rings is 2. The van der Waals surface area contributed by atoms with E-state index in [1.807, 2.05) is 37.3 Å². The summed E-state index contributed by atoms with van der Waals surface area (Å²) in [5, 5.41) is 0. The van der Waals surface area contributed by atoms with Crippen LogP contribution in [0.25, 0.3) is 6.08 Å². The molecule has 0 spiro atoms. The molecule has 0 aliphatic heterocycles. The molecule has 5 heteroatoms. The predicted octanol–water partition coefficient (Wildman–Crippen LogP) is 4.87. The number of hydrogen-bond acceptors (Lipinski definition) is 4. The van der Waals surface area contributed by atoms with Crippen LogP contribution in [-0.4, -0.2) is 19.7 Å². The van der Waals surface area contributed by atoms with Gasteiger partial charge >= 0.3 is 5.97 Å². The zero-order valence-corrected chi connectivity index (χ0v) is 15.2. The maximum Gasteiger partial charge on any atom is 0.336 e. The van der Waals surface area contributed by atoms with Gasteiger partial charge in [0.1, 0.15) is 5.75 Å². The Bertz CT molecular complexity index is 708. The average Bonchev–Trinajstić information content (AvgIpc) is 2.60. The van der Waals surface area contributed by atoms with Crippen molar-refractivity contribution in [1.29, 1.82) is 0 Å². The fraction of sp³-hybridized carbons (Fsp3) is 0.211. The van der Waals surface area contributed by atoms with Crippen molar-refractivity contribution in [2.24, 2.45) is 0 Å². The molecule has 0 atom stereocenters. The lowest BCUT2D eigenvalue weighted by molar-refractivity contribution is -0.128. The van der Waals surface area contributed by atoms with Gasteiger partial charge in [-0.25, -0.2) is 4.79 Å². The molecule has 0 fully saturated rings. The Kier molecular flexibility index (Phi) is 6.88. The van der Waals surface area contributed by atoms with Crippen LogP contribution in [0.2, 0.25) is 0 Å². The summed E-state index contributed by atoms with van der Waals surface area (Å²) in [6.07, 6.45) is 3.98. The topological polar surface area (TPSA) is 44.8 Å². The number of methoxy groups -OCH3 is 1. The molecule has 24 heavy (non-hydrogen) atoms. The van der Waals surface area contributed by atoms with Crippen LogP contribution in [0.15, 0.2) is 53.0 Å². The normalized spacial score (nSPS) is 10.6. The van der Waals surface area contributed by atoms with E-state index in [4.69, 9.17) is 14.2 Å². The van der Waals surface area contributed by atoms with E-state index < -0.39 is 5.97 Å². The number of carbonyl (C=O) groups excluding carboxylic acids is 1. The van der Waals surface area contributed by atoms with E-state index in [1.165, 1.54) is 6.08 Å². The second-order valence-corrected chi connectivity index (χ2v) is 5.88. The molecule has 0 aromatic heterocycles. The molecule has 0 aliphatic carbocycles. The van der Waals surface area contributed by atoms with Crippen LogP contribution < -0.4 is 14.2 Å². The summed E-state index contributed by atoms with van der Waals surface area (Å²) < 4.78 is 17.1. The molecule has 0 heterocycles. The van der Waals surface area contributed by atoms with E-state index in [2.05, 4.69) is 15.9 Å². The first kappa shape index (κ1) is 18.1. The highest BCUT2D eigenvalue weighted by atomic mass is 79.9. The Morgan fingerprint density at radius 1 is 1.12 bits per heavy atom. The van der Waals surface area contributed by atoms with Crippen molar-refractivity contribution in [2.75, 3.05) is 13.7 Å². The van der Waals surface area contributed by atoms with Crippen LogP contribution in [0.5, 0.6) is 17.2 Å². The summed E-state index contributed by atoms with van der Waals surface area (Å²) >= 11 is 3.33. The molecule has 0 saturated carbocycles. The lowest BCUT2D eigenvalue weighted by Crippen LogP contribution is -2.03. The summed E-state index contributed by atoms with van der Waals surface area (Å²) in [7, 11) is 1.59. The van der Waals surface area contributed by atoms with Crippen molar-refractivity contribution in [2.45, 2.75) is 13.3 Å². The van der Waals surface area contributed by atoms with E-state index in [-0.39, 0.29) is 0 Å². The van der Waals surface area contributed by atoms with Gasteiger partial charge in [0.05, 0.1) is 13.7 Å². The Hall–Kier alpha value is -2.27. The minimum absolute atomic E-state index is 0.442. The van der Waals surface area contributed by atoms with Crippen LogP contribution in [0.3, 0.4) is 0 Å². The van der Waals surface area contributed by atoms with E-state index in [0.717, 1.165) is 16.5 Å². The van der Waals surface area contributed by atoms with E-state index in [9.17, 15) is 4.79 Å². The minimum Gasteiger partial charge on any atom is -0.493 e. The summed E-state index contributed by atoms with van der Waals surface area (Å²) in [6.45, 7) is 2.67. The molecule has 4 nitrogen and oxygen atoms in total. The molecule has 126 valence electrons. The smallest absolute Gasteiger partial charge is 0.336 e. The van der Waals surface area contributed by atoms with Gasteiger partial charge in [-0.05, 0) is 54.5 Å². The van der Waals surface area contributed by atoms with Gasteiger partial charge in [0.25, 0.3) is 0 Å². The van der Waals surface area contributed by atoms with Crippen molar-refractivity contribution in [3.63, 3.8) is 0 Å². The van der Waals surface area contributed by atoms with Crippen LogP contribution in [0.1, 0.15) is 18.9 Å². The third-order valence-corrected chi connectivity index (χ3v) is 3.62. The quantitative estimate of drug-likeness (QED) is 0.384. The zero-order chi connectivity index (χ0) is 17.4. The van der Waals surface area contributed by atoms with Gasteiger partial charge < -0.3 is 14.2 Å². The highest BCUT2D eigenvalue weighted by Gasteiger charge is 2.05. The van der Waals surface area contributed by atoms with Gasteiger partial charge in [0.15, 0.2) is 11.5 Å². The van der Waals surface area contributed by atoms with Crippen LogP contribution in [0.4, 0.5) is 0 Å². The number of hydrogen-bond donors (Lipinski definition) is 0. The van der Waals surface area contributed by atoms with Crippen molar-refractivity contribution in [3.05, 3.63) is 58.6 Å². The Labute approximate surface area is 150 Å². The second kappa shape index (κ2) is 9.13. The summed E-state index contributed by atoms with van der Waals surface area (Å²) in [6, 6.07) is 12.6. The van der Waals surface area contributed by atoms with Gasteiger partial charge in [-0.3, -0.25) is 0 Å². The molecule has 0 bridgehead atoms. The molecule has 0 amide bonds. The highest BCUT2D eigenvalue weighted by Crippen LogP contribution is 2.28. The first-order valence-corrected chi connectivity index (χ1v) is 8.38. The van der Waals surface area contributed by atoms with Crippen molar-refractivity contribution < 1.29 is 19.0 Å². The van der Waals surface area contributed by atoms with E-state index >= 15 is 0 Å². The van der Waals surface area contributed by atoms with Gasteiger partial charge in [-0.15, -0.1) is 0 Å². The van der Waals surface area contributed by atoms with Crippen molar-refractivity contribution in [1.82, 2.24) is 0 Å². The first-order valence-electron chi connectivity index (χ1n) is 7.58. The third-order valence-electron chi connectivity index (χ3n) is 3.09. The minimum atomic E-state index is -0.442. The number of carbonyl (C=O) groups is 1. The summed E-state index contributed by atoms with van der Waals surface area (Å²) in [5.74, 6) is 1.37. The standard InChI is InChI=1S/C19H19BrO4/c1-3-12-23-17-10-4-14(13-18(17)22-2)5-11-19(21)24-16-8-6-15(20)7-9-16/h4-11,13H,3,12H2,1-2H3/b11-5+. The molecular weight excluding hydrogens is 372 g/mol. The van der Waals surface area contributed by atoms with Gasteiger partial charge in [-0.1, -0.05) is 28.9 Å². The molecular formula is C19H19BrO4. The lowest BCUT2D eigenvalue weighted by Gasteiger charge is -2.10. The van der Waals surface area contributed by atoms with E-state index in [1.54, 1.807) is 25.3 Å². The van der Waals surface area contributed by atoms with Crippen molar-refractivity contribution >= 4 is 28.0 Å². The van der Waals surface area contributed by atoms with Crippen LogP contribution in [0, 0.1) is 0 Å². The second-order valence-electron chi connectivity index (χ2n) is 4.97. The Morgan fingerprint density at radius 3 is 2.54 bits per heavy atom. The molecule has 0 unspecified atom stereocenters. The monoisotopic (exact) mass is 390 g/mol. The maximum atomic E-state index is 11.9. The molecule has 2 aromatic carbocycles. The molecule has 2 rings (SSSR count). The highest BCUT2D eigenvalue weighted by molar-refractivity contribution is 9.10. The zero-order valence-electron chi connectivity index (χ0n) is 13.6. The van der Waals surface area contributed by atoms with Gasteiger partial charge in [0, 0.05) is 10.5 Å². The fourth-order valence-electron chi connectivity index (χ4n) is 1.94. The van der Waals surface area contributed by atoms with Crippen molar-refractivity contribution in [3.8, 4) is 17.2 Å². The third kappa shape index (κ3) is 5.42. The van der Waals surface area contributed by atoms with Gasteiger partial charge in [-0.2, -0.15) is 0 Å². The predicted molar refractivity (Wildman–Crippen MR) is 97.6 cm³/mol. The molecule has 0 radical (unpaired) electrons. The molecule has 0 N–H and O–H groups in total. The fourth-order valence-corrected chi connectivity index (χ4v) is 2.20. The van der Waals surface area contributed by atoms with Gasteiger partial charge in [0.2, 0.25) is 0 Å². The Balaban J connectivity index is 2.02. The molecule has 0 saturated heterocycles. The Morgan fingerprint density at radius 2 is 1.88 bits per heavy atom. The maximum absolute atomic E-state index is 11.9. The molecule has 2 aromatic rings. The van der Waals surface area contributed by atoms with E-state index in [0.29, 0.717) is 23.9 Å². The molecule has 0 aliphatic rings. The SMILES string of the molecule is CCCOc1ccc(/C=C/C(=O)Oc2ccc(Br)cc2)cc1OC. The number of halogens is 1. The average molecular weight is 391 g/mol. The number of esters is 1. The lowest BCUT2D eigenvalue weighted by atomic mass is 10.2. The number of rotatable bonds is 7.